The van der Waals surface area contributed by atoms with E-state index in [4.69, 9.17) is 5.11 Å². The topological polar surface area (TPSA) is 70.5 Å². The fourth-order valence-electron chi connectivity index (χ4n) is 2.42. The van der Waals surface area contributed by atoms with Gasteiger partial charge in [-0.2, -0.15) is 13.2 Å². The Morgan fingerprint density at radius 1 is 1.45 bits per heavy atom. The first kappa shape index (κ1) is 16.6. The van der Waals surface area contributed by atoms with Gasteiger partial charge in [-0.05, 0) is 25.0 Å². The van der Waals surface area contributed by atoms with Crippen LogP contribution in [-0.2, 0) is 4.79 Å². The number of alkyl halides is 3. The van der Waals surface area contributed by atoms with Crippen LogP contribution in [-0.4, -0.2) is 45.0 Å². The van der Waals surface area contributed by atoms with Gasteiger partial charge in [0, 0.05) is 30.5 Å². The molecule has 0 aromatic carbocycles. The number of carbonyl (C=O) groups is 2. The predicted octanol–water partition coefficient (Wildman–Crippen LogP) is 2.77. The number of aliphatic carboxylic acids is 1. The number of rotatable bonds is 4. The third-order valence-electron chi connectivity index (χ3n) is 3.26. The second-order valence-corrected chi connectivity index (χ2v) is 5.85. The average Bonchev–Trinajstić information content (AvgIpc) is 2.84. The molecule has 0 saturated carbocycles. The molecule has 0 aliphatic carbocycles. The second kappa shape index (κ2) is 6.55. The van der Waals surface area contributed by atoms with Gasteiger partial charge >= 0.3 is 11.5 Å². The van der Waals surface area contributed by atoms with E-state index in [0.717, 1.165) is 0 Å². The van der Waals surface area contributed by atoms with E-state index >= 15 is 0 Å². The molecule has 1 aromatic heterocycles. The van der Waals surface area contributed by atoms with E-state index in [1.807, 2.05) is 0 Å². The summed E-state index contributed by atoms with van der Waals surface area (Å²) in [7, 11) is 0. The van der Waals surface area contributed by atoms with Gasteiger partial charge in [0.15, 0.2) is 0 Å². The normalized spacial score (nSPS) is 18.5. The third kappa shape index (κ3) is 4.12. The minimum Gasteiger partial charge on any atom is -0.481 e. The van der Waals surface area contributed by atoms with Crippen molar-refractivity contribution in [1.29, 1.82) is 0 Å². The number of pyridine rings is 1. The fraction of sp³-hybridized carbons (Fsp3) is 0.462. The molecule has 1 atom stereocenters. The van der Waals surface area contributed by atoms with Crippen LogP contribution >= 0.6 is 11.8 Å². The standard InChI is InChI=1S/C13H13F3N2O3S/c14-13(15,16)22-11-9(4-1-5-17-11)12(21)18-6-2-3-8(18)7-10(19)20/h1,4-5,8H,2-3,6-7H2,(H,19,20). The maximum Gasteiger partial charge on any atom is 0.447 e. The van der Waals surface area contributed by atoms with Gasteiger partial charge in [-0.1, -0.05) is 0 Å². The summed E-state index contributed by atoms with van der Waals surface area (Å²) >= 11 is -0.445. The zero-order valence-corrected chi connectivity index (χ0v) is 12.2. The van der Waals surface area contributed by atoms with Crippen LogP contribution < -0.4 is 0 Å². The van der Waals surface area contributed by atoms with Gasteiger partial charge in [0.1, 0.15) is 5.03 Å². The summed E-state index contributed by atoms with van der Waals surface area (Å²) in [6.07, 6.45) is 2.13. The summed E-state index contributed by atoms with van der Waals surface area (Å²) in [5, 5.41) is 8.43. The van der Waals surface area contributed by atoms with E-state index in [1.54, 1.807) is 0 Å². The van der Waals surface area contributed by atoms with E-state index in [0.29, 0.717) is 19.4 Å². The molecule has 1 aromatic rings. The first-order valence-electron chi connectivity index (χ1n) is 6.51. The molecular weight excluding hydrogens is 321 g/mol. The minimum atomic E-state index is -4.55. The zero-order chi connectivity index (χ0) is 16.3. The van der Waals surface area contributed by atoms with Crippen molar-refractivity contribution in [2.75, 3.05) is 6.54 Å². The van der Waals surface area contributed by atoms with Crippen LogP contribution in [0.4, 0.5) is 13.2 Å². The number of likely N-dealkylation sites (tertiary alicyclic amines) is 1. The molecule has 1 saturated heterocycles. The number of hydrogen-bond donors (Lipinski definition) is 1. The summed E-state index contributed by atoms with van der Waals surface area (Å²) in [5.74, 6) is -1.65. The minimum absolute atomic E-state index is 0.151. The molecule has 2 heterocycles. The Balaban J connectivity index is 2.24. The molecule has 22 heavy (non-hydrogen) atoms. The lowest BCUT2D eigenvalue weighted by atomic mass is 10.1. The molecule has 120 valence electrons. The monoisotopic (exact) mass is 334 g/mol. The fourth-order valence-corrected chi connectivity index (χ4v) is 3.01. The van der Waals surface area contributed by atoms with Crippen LogP contribution in [0.25, 0.3) is 0 Å². The van der Waals surface area contributed by atoms with Gasteiger partial charge in [-0.15, -0.1) is 0 Å². The molecule has 1 aliphatic heterocycles. The lowest BCUT2D eigenvalue weighted by molar-refractivity contribution is -0.137. The first-order valence-corrected chi connectivity index (χ1v) is 7.33. The molecule has 2 rings (SSSR count). The number of nitrogens with zero attached hydrogens (tertiary/aromatic N) is 2. The second-order valence-electron chi connectivity index (χ2n) is 4.80. The van der Waals surface area contributed by atoms with E-state index in [2.05, 4.69) is 4.98 Å². The van der Waals surface area contributed by atoms with Crippen molar-refractivity contribution in [1.82, 2.24) is 9.88 Å². The molecular formula is C13H13F3N2O3S. The van der Waals surface area contributed by atoms with Crippen molar-refractivity contribution >= 4 is 23.6 Å². The SMILES string of the molecule is O=C(O)CC1CCCN1C(=O)c1cccnc1SC(F)(F)F. The van der Waals surface area contributed by atoms with Crippen LogP contribution in [0.3, 0.4) is 0 Å². The van der Waals surface area contributed by atoms with Gasteiger partial charge in [-0.25, -0.2) is 4.98 Å². The number of amides is 1. The molecule has 1 amide bonds. The Labute approximate surface area is 128 Å². The molecule has 1 unspecified atom stereocenters. The third-order valence-corrected chi connectivity index (χ3v) is 4.01. The van der Waals surface area contributed by atoms with Crippen molar-refractivity contribution in [2.24, 2.45) is 0 Å². The molecule has 0 spiro atoms. The Kier molecular flexibility index (Phi) is 4.94. The van der Waals surface area contributed by atoms with Crippen molar-refractivity contribution in [3.8, 4) is 0 Å². The maximum atomic E-state index is 12.5. The molecule has 9 heteroatoms. The van der Waals surface area contributed by atoms with Crippen LogP contribution in [0, 0.1) is 0 Å². The molecule has 1 N–H and O–H groups in total. The molecule has 1 fully saturated rings. The molecule has 1 aliphatic rings. The summed E-state index contributed by atoms with van der Waals surface area (Å²) in [5.41, 5.74) is -4.70. The highest BCUT2D eigenvalue weighted by atomic mass is 32.2. The van der Waals surface area contributed by atoms with E-state index in [-0.39, 0.29) is 12.0 Å². The van der Waals surface area contributed by atoms with Gasteiger partial charge in [0.05, 0.1) is 12.0 Å². The quantitative estimate of drug-likeness (QED) is 0.858. The van der Waals surface area contributed by atoms with E-state index < -0.39 is 40.2 Å². The number of carboxylic acid groups (broad SMARTS) is 1. The lowest BCUT2D eigenvalue weighted by Crippen LogP contribution is -2.37. The maximum absolute atomic E-state index is 12.5. The van der Waals surface area contributed by atoms with Crippen LogP contribution in [0.1, 0.15) is 29.6 Å². The van der Waals surface area contributed by atoms with Gasteiger partial charge < -0.3 is 10.0 Å². The van der Waals surface area contributed by atoms with Crippen molar-refractivity contribution in [2.45, 2.75) is 35.8 Å². The lowest BCUT2D eigenvalue weighted by Gasteiger charge is -2.24. The highest BCUT2D eigenvalue weighted by Gasteiger charge is 2.35. The Morgan fingerprint density at radius 3 is 2.82 bits per heavy atom. The van der Waals surface area contributed by atoms with Crippen LogP contribution in [0.5, 0.6) is 0 Å². The van der Waals surface area contributed by atoms with Crippen molar-refractivity contribution in [3.05, 3.63) is 23.9 Å². The predicted molar refractivity (Wildman–Crippen MR) is 72.5 cm³/mol. The number of carbonyl (C=O) groups excluding carboxylic acids is 1. The Morgan fingerprint density at radius 2 is 2.18 bits per heavy atom. The summed E-state index contributed by atoms with van der Waals surface area (Å²) < 4.78 is 37.6. The Bertz CT molecular complexity index is 580. The number of carboxylic acids is 1. The van der Waals surface area contributed by atoms with Crippen molar-refractivity contribution < 1.29 is 27.9 Å². The van der Waals surface area contributed by atoms with Crippen LogP contribution in [0.2, 0.25) is 0 Å². The van der Waals surface area contributed by atoms with Crippen molar-refractivity contribution in [3.63, 3.8) is 0 Å². The first-order chi connectivity index (χ1) is 10.3. The number of halogens is 3. The zero-order valence-electron chi connectivity index (χ0n) is 11.3. The summed E-state index contributed by atoms with van der Waals surface area (Å²) in [4.78, 5) is 28.2. The number of thioether (sulfide) groups is 1. The average molecular weight is 334 g/mol. The van der Waals surface area contributed by atoms with Crippen LogP contribution in [0.15, 0.2) is 23.4 Å². The highest BCUT2D eigenvalue weighted by molar-refractivity contribution is 8.00. The summed E-state index contributed by atoms with van der Waals surface area (Å²) in [6, 6.07) is 2.17. The summed E-state index contributed by atoms with van der Waals surface area (Å²) in [6.45, 7) is 0.335. The highest BCUT2D eigenvalue weighted by Crippen LogP contribution is 2.38. The largest absolute Gasteiger partial charge is 0.481 e. The van der Waals surface area contributed by atoms with E-state index in [9.17, 15) is 22.8 Å². The van der Waals surface area contributed by atoms with E-state index in [1.165, 1.54) is 23.2 Å². The molecule has 5 nitrogen and oxygen atoms in total. The van der Waals surface area contributed by atoms with Gasteiger partial charge in [0.2, 0.25) is 0 Å². The number of hydrogen-bond acceptors (Lipinski definition) is 4. The number of aromatic nitrogens is 1. The molecule has 0 radical (unpaired) electrons. The van der Waals surface area contributed by atoms with Gasteiger partial charge in [0.25, 0.3) is 5.91 Å². The Hall–Kier alpha value is -1.77. The molecule has 0 bridgehead atoms. The smallest absolute Gasteiger partial charge is 0.447 e. The van der Waals surface area contributed by atoms with Gasteiger partial charge in [-0.3, -0.25) is 9.59 Å².